The van der Waals surface area contributed by atoms with Crippen LogP contribution in [0.25, 0.3) is 5.65 Å². The zero-order valence-corrected chi connectivity index (χ0v) is 13.0. The number of pyridine rings is 1. The molecule has 5 nitrogen and oxygen atoms in total. The third-order valence-corrected chi connectivity index (χ3v) is 3.40. The van der Waals surface area contributed by atoms with Gasteiger partial charge >= 0.3 is 6.36 Å². The van der Waals surface area contributed by atoms with E-state index in [1.165, 1.54) is 24.3 Å². The fourth-order valence-electron chi connectivity index (χ4n) is 2.32. The number of carbonyl (C=O) groups is 1. The molecule has 0 aliphatic rings. The second-order valence-electron chi connectivity index (χ2n) is 5.34. The highest BCUT2D eigenvalue weighted by Gasteiger charge is 2.30. The number of carbonyl (C=O) groups excluding carboxylic acids is 1. The molecule has 0 fully saturated rings. The van der Waals surface area contributed by atoms with E-state index in [0.29, 0.717) is 11.3 Å². The van der Waals surface area contributed by atoms with Crippen LogP contribution in [0.5, 0.6) is 5.75 Å². The summed E-state index contributed by atoms with van der Waals surface area (Å²) in [4.78, 5) is 16.3. The molecule has 3 aromatic rings. The molecule has 2 aromatic heterocycles. The number of fused-ring (bicyclic) bond motifs is 1. The summed E-state index contributed by atoms with van der Waals surface area (Å²) in [5.41, 5.74) is 2.09. The van der Waals surface area contributed by atoms with Crippen molar-refractivity contribution in [2.24, 2.45) is 0 Å². The van der Waals surface area contributed by atoms with Crippen LogP contribution in [-0.2, 0) is 17.8 Å². The number of amides is 1. The van der Waals surface area contributed by atoms with Crippen LogP contribution in [-0.4, -0.2) is 21.7 Å². The number of nitrogens with one attached hydrogen (secondary N) is 1. The molecule has 0 aliphatic carbocycles. The Hall–Kier alpha value is -3.03. The van der Waals surface area contributed by atoms with Gasteiger partial charge in [-0.1, -0.05) is 18.2 Å². The topological polar surface area (TPSA) is 55.6 Å². The number of nitrogens with zero attached hydrogens (tertiary/aromatic N) is 2. The average Bonchev–Trinajstić information content (AvgIpc) is 2.96. The summed E-state index contributed by atoms with van der Waals surface area (Å²) in [6, 6.07) is 10.8. The van der Waals surface area contributed by atoms with Crippen molar-refractivity contribution in [1.29, 1.82) is 0 Å². The zero-order chi connectivity index (χ0) is 17.9. The van der Waals surface area contributed by atoms with Gasteiger partial charge in [0.2, 0.25) is 5.91 Å². The van der Waals surface area contributed by atoms with Crippen molar-refractivity contribution in [1.82, 2.24) is 14.7 Å². The Bertz CT molecular complexity index is 840. The van der Waals surface area contributed by atoms with Crippen molar-refractivity contribution in [3.63, 3.8) is 0 Å². The minimum Gasteiger partial charge on any atom is -0.406 e. The van der Waals surface area contributed by atoms with Gasteiger partial charge in [-0.2, -0.15) is 0 Å². The number of benzene rings is 1. The third kappa shape index (κ3) is 4.72. The highest BCUT2D eigenvalue weighted by atomic mass is 19.4. The number of hydrogen-bond acceptors (Lipinski definition) is 3. The smallest absolute Gasteiger partial charge is 0.406 e. The third-order valence-electron chi connectivity index (χ3n) is 3.40. The molecule has 1 aromatic carbocycles. The van der Waals surface area contributed by atoms with Gasteiger partial charge in [-0.15, -0.1) is 13.2 Å². The fourth-order valence-corrected chi connectivity index (χ4v) is 2.32. The molecule has 0 saturated heterocycles. The highest BCUT2D eigenvalue weighted by molar-refractivity contribution is 5.78. The lowest BCUT2D eigenvalue weighted by Gasteiger charge is -2.09. The maximum atomic E-state index is 12.1. The lowest BCUT2D eigenvalue weighted by molar-refractivity contribution is -0.274. The second kappa shape index (κ2) is 6.84. The molecule has 0 saturated carbocycles. The predicted molar refractivity (Wildman–Crippen MR) is 83.9 cm³/mol. The molecule has 1 N–H and O–H groups in total. The van der Waals surface area contributed by atoms with Gasteiger partial charge in [0.15, 0.2) is 0 Å². The maximum Gasteiger partial charge on any atom is 0.573 e. The fraction of sp³-hybridized carbons (Fsp3) is 0.176. The Morgan fingerprint density at radius 2 is 1.92 bits per heavy atom. The molecule has 25 heavy (non-hydrogen) atoms. The van der Waals surface area contributed by atoms with E-state index in [1.54, 1.807) is 0 Å². The predicted octanol–water partition coefficient (Wildman–Crippen LogP) is 3.09. The summed E-state index contributed by atoms with van der Waals surface area (Å²) in [5.74, 6) is -0.567. The lowest BCUT2D eigenvalue weighted by atomic mass is 10.1. The normalized spacial score (nSPS) is 11.5. The molecule has 0 radical (unpaired) electrons. The van der Waals surface area contributed by atoms with Gasteiger partial charge in [0, 0.05) is 12.4 Å². The monoisotopic (exact) mass is 349 g/mol. The molecular formula is C17H14F3N3O2. The van der Waals surface area contributed by atoms with Crippen LogP contribution in [0, 0.1) is 0 Å². The van der Waals surface area contributed by atoms with E-state index in [0.717, 1.165) is 5.65 Å². The number of imidazole rings is 1. The number of alkyl halides is 3. The van der Waals surface area contributed by atoms with E-state index in [1.807, 2.05) is 35.0 Å². The van der Waals surface area contributed by atoms with E-state index in [2.05, 4.69) is 15.0 Å². The molecular weight excluding hydrogens is 335 g/mol. The quantitative estimate of drug-likeness (QED) is 0.770. The van der Waals surface area contributed by atoms with E-state index in [4.69, 9.17) is 0 Å². The number of halogens is 3. The van der Waals surface area contributed by atoms with Gasteiger partial charge in [0.1, 0.15) is 11.4 Å². The number of aromatic nitrogens is 2. The number of ether oxygens (including phenoxy) is 1. The van der Waals surface area contributed by atoms with E-state index in [-0.39, 0.29) is 24.6 Å². The van der Waals surface area contributed by atoms with Crippen LogP contribution in [0.15, 0.2) is 54.9 Å². The summed E-state index contributed by atoms with van der Waals surface area (Å²) >= 11 is 0. The zero-order valence-electron chi connectivity index (χ0n) is 13.0. The highest BCUT2D eigenvalue weighted by Crippen LogP contribution is 2.22. The SMILES string of the molecule is O=C(Cc1ccc(OC(F)(F)F)cc1)NCc1cn2ccccc2n1. The summed E-state index contributed by atoms with van der Waals surface area (Å²) in [7, 11) is 0. The van der Waals surface area contributed by atoms with Crippen molar-refractivity contribution < 1.29 is 22.7 Å². The minimum atomic E-state index is -4.73. The van der Waals surface area contributed by atoms with E-state index in [9.17, 15) is 18.0 Å². The van der Waals surface area contributed by atoms with Crippen molar-refractivity contribution in [2.75, 3.05) is 0 Å². The second-order valence-corrected chi connectivity index (χ2v) is 5.34. The van der Waals surface area contributed by atoms with E-state index >= 15 is 0 Å². The first kappa shape index (κ1) is 16.8. The van der Waals surface area contributed by atoms with Crippen molar-refractivity contribution >= 4 is 11.6 Å². The van der Waals surface area contributed by atoms with Crippen molar-refractivity contribution in [3.8, 4) is 5.75 Å². The number of rotatable bonds is 5. The molecule has 130 valence electrons. The molecule has 0 atom stereocenters. The largest absolute Gasteiger partial charge is 0.573 e. The minimum absolute atomic E-state index is 0.0552. The Morgan fingerprint density at radius 3 is 2.60 bits per heavy atom. The van der Waals surface area contributed by atoms with Gasteiger partial charge in [0.25, 0.3) is 0 Å². The lowest BCUT2D eigenvalue weighted by Crippen LogP contribution is -2.24. The first-order valence-electron chi connectivity index (χ1n) is 7.43. The Morgan fingerprint density at radius 1 is 1.16 bits per heavy atom. The van der Waals surface area contributed by atoms with Crippen LogP contribution in [0.2, 0.25) is 0 Å². The van der Waals surface area contributed by atoms with Crippen LogP contribution in [0.3, 0.4) is 0 Å². The van der Waals surface area contributed by atoms with Gasteiger partial charge in [-0.3, -0.25) is 4.79 Å². The van der Waals surface area contributed by atoms with Gasteiger partial charge in [-0.05, 0) is 29.8 Å². The first-order valence-corrected chi connectivity index (χ1v) is 7.43. The van der Waals surface area contributed by atoms with Crippen LogP contribution in [0.4, 0.5) is 13.2 Å². The Kier molecular flexibility index (Phi) is 4.60. The molecule has 3 rings (SSSR count). The molecule has 8 heteroatoms. The molecule has 2 heterocycles. The average molecular weight is 349 g/mol. The van der Waals surface area contributed by atoms with Crippen LogP contribution < -0.4 is 10.1 Å². The van der Waals surface area contributed by atoms with Crippen molar-refractivity contribution in [2.45, 2.75) is 19.3 Å². The maximum absolute atomic E-state index is 12.1. The molecule has 0 spiro atoms. The Labute approximate surface area is 141 Å². The summed E-state index contributed by atoms with van der Waals surface area (Å²) < 4.78 is 41.9. The molecule has 1 amide bonds. The van der Waals surface area contributed by atoms with E-state index < -0.39 is 6.36 Å². The van der Waals surface area contributed by atoms with Gasteiger partial charge in [0.05, 0.1) is 18.7 Å². The molecule has 0 bridgehead atoms. The summed E-state index contributed by atoms with van der Waals surface area (Å²) in [5, 5.41) is 2.74. The summed E-state index contributed by atoms with van der Waals surface area (Å²) in [6.07, 6.45) is -0.996. The molecule has 0 unspecified atom stereocenters. The van der Waals surface area contributed by atoms with Crippen LogP contribution in [0.1, 0.15) is 11.3 Å². The van der Waals surface area contributed by atoms with Crippen LogP contribution >= 0.6 is 0 Å². The number of hydrogen-bond donors (Lipinski definition) is 1. The summed E-state index contributed by atoms with van der Waals surface area (Å²) in [6.45, 7) is 0.274. The first-order chi connectivity index (χ1) is 11.9. The standard InChI is InChI=1S/C17H14F3N3O2/c18-17(19,20)25-14-6-4-12(5-7-14)9-16(24)21-10-13-11-23-8-2-1-3-15(23)22-13/h1-8,11H,9-10H2,(H,21,24). The van der Waals surface area contributed by atoms with Gasteiger partial charge < -0.3 is 14.5 Å². The van der Waals surface area contributed by atoms with Crippen molar-refractivity contribution in [3.05, 3.63) is 66.1 Å². The molecule has 0 aliphatic heterocycles. The van der Waals surface area contributed by atoms with Gasteiger partial charge in [-0.25, -0.2) is 4.98 Å². The Balaban J connectivity index is 1.53.